The fraction of sp³-hybridized carbons (Fsp3) is 0.786. The Kier molecular flexibility index (Phi) is 5.01. The molecule has 1 aromatic rings. The second-order valence-corrected chi connectivity index (χ2v) is 6.66. The highest BCUT2D eigenvalue weighted by molar-refractivity contribution is 7.13. The van der Waals surface area contributed by atoms with E-state index in [9.17, 15) is 0 Å². The van der Waals surface area contributed by atoms with Crippen LogP contribution in [0.4, 0.5) is 5.13 Å². The minimum absolute atomic E-state index is 0.695. The molecule has 0 radical (unpaired) electrons. The lowest BCUT2D eigenvalue weighted by atomic mass is 10.1. The molecule has 1 aliphatic rings. The van der Waals surface area contributed by atoms with Crippen LogP contribution in [-0.2, 0) is 6.54 Å². The molecule has 1 aromatic heterocycles. The molecule has 0 unspecified atom stereocenters. The Labute approximate surface area is 114 Å². The summed E-state index contributed by atoms with van der Waals surface area (Å²) in [4.78, 5) is 7.03. The fourth-order valence-corrected chi connectivity index (χ4v) is 3.24. The minimum atomic E-state index is 0.695. The fourth-order valence-electron chi connectivity index (χ4n) is 2.69. The van der Waals surface area contributed by atoms with E-state index < -0.39 is 0 Å². The normalized spacial score (nSPS) is 17.1. The number of hydrogen-bond acceptors (Lipinski definition) is 4. The molecule has 0 aromatic carbocycles. The van der Waals surface area contributed by atoms with Gasteiger partial charge in [0.05, 0.1) is 5.69 Å². The maximum atomic E-state index is 5.72. The van der Waals surface area contributed by atoms with Crippen LogP contribution in [0.3, 0.4) is 0 Å². The molecule has 0 amide bonds. The third-order valence-corrected chi connectivity index (χ3v) is 4.49. The van der Waals surface area contributed by atoms with Gasteiger partial charge in [0.2, 0.25) is 0 Å². The molecule has 1 saturated carbocycles. The Morgan fingerprint density at radius 1 is 1.44 bits per heavy atom. The lowest BCUT2D eigenvalue weighted by Crippen LogP contribution is -2.34. The van der Waals surface area contributed by atoms with E-state index in [-0.39, 0.29) is 0 Å². The quantitative estimate of drug-likeness (QED) is 0.857. The highest BCUT2D eigenvalue weighted by atomic mass is 32.1. The molecule has 0 saturated heterocycles. The molecular weight excluding hydrogens is 242 g/mol. The monoisotopic (exact) mass is 267 g/mol. The Balaban J connectivity index is 1.94. The molecule has 1 aliphatic carbocycles. The van der Waals surface area contributed by atoms with Gasteiger partial charge in [-0.25, -0.2) is 4.98 Å². The summed E-state index contributed by atoms with van der Waals surface area (Å²) < 4.78 is 0. The van der Waals surface area contributed by atoms with Crippen molar-refractivity contribution in [1.82, 2.24) is 9.88 Å². The van der Waals surface area contributed by atoms with Crippen LogP contribution in [0.25, 0.3) is 0 Å². The third kappa shape index (κ3) is 3.95. The van der Waals surface area contributed by atoms with E-state index in [0.29, 0.717) is 5.13 Å². The van der Waals surface area contributed by atoms with Crippen molar-refractivity contribution in [1.29, 1.82) is 0 Å². The van der Waals surface area contributed by atoms with Crippen molar-refractivity contribution in [2.45, 2.75) is 58.5 Å². The number of nitrogens with zero attached hydrogens (tertiary/aromatic N) is 2. The highest BCUT2D eigenvalue weighted by Gasteiger charge is 2.23. The number of rotatable bonds is 6. The molecule has 1 heterocycles. The Hall–Kier alpha value is -0.610. The first-order valence-electron chi connectivity index (χ1n) is 7.09. The Morgan fingerprint density at radius 3 is 2.72 bits per heavy atom. The van der Waals surface area contributed by atoms with Crippen molar-refractivity contribution in [3.8, 4) is 0 Å². The van der Waals surface area contributed by atoms with Gasteiger partial charge in [-0.1, -0.05) is 26.7 Å². The number of anilines is 1. The van der Waals surface area contributed by atoms with E-state index >= 15 is 0 Å². The van der Waals surface area contributed by atoms with Gasteiger partial charge < -0.3 is 5.73 Å². The summed E-state index contributed by atoms with van der Waals surface area (Å²) in [5.74, 6) is 0.773. The second kappa shape index (κ2) is 6.53. The van der Waals surface area contributed by atoms with Gasteiger partial charge in [-0.3, -0.25) is 4.90 Å². The first-order valence-corrected chi connectivity index (χ1v) is 7.97. The zero-order chi connectivity index (χ0) is 13.0. The van der Waals surface area contributed by atoms with E-state index in [0.717, 1.165) is 24.2 Å². The van der Waals surface area contributed by atoms with Gasteiger partial charge in [0.25, 0.3) is 0 Å². The van der Waals surface area contributed by atoms with Gasteiger partial charge >= 0.3 is 0 Å². The number of nitrogens with two attached hydrogens (primary N) is 1. The van der Waals surface area contributed by atoms with Crippen molar-refractivity contribution >= 4 is 16.5 Å². The molecule has 102 valence electrons. The van der Waals surface area contributed by atoms with E-state index in [1.165, 1.54) is 38.6 Å². The predicted octanol–water partition coefficient (Wildman–Crippen LogP) is 3.52. The van der Waals surface area contributed by atoms with Crippen LogP contribution in [0.2, 0.25) is 0 Å². The largest absolute Gasteiger partial charge is 0.375 e. The second-order valence-electron chi connectivity index (χ2n) is 5.77. The van der Waals surface area contributed by atoms with Crippen molar-refractivity contribution in [3.63, 3.8) is 0 Å². The number of aromatic nitrogens is 1. The van der Waals surface area contributed by atoms with Crippen molar-refractivity contribution in [2.75, 3.05) is 12.3 Å². The molecule has 0 aliphatic heterocycles. The van der Waals surface area contributed by atoms with Gasteiger partial charge in [-0.05, 0) is 31.7 Å². The minimum Gasteiger partial charge on any atom is -0.375 e. The van der Waals surface area contributed by atoms with Gasteiger partial charge in [-0.2, -0.15) is 0 Å². The van der Waals surface area contributed by atoms with Crippen LogP contribution < -0.4 is 5.73 Å². The van der Waals surface area contributed by atoms with Crippen LogP contribution in [0.15, 0.2) is 5.38 Å². The van der Waals surface area contributed by atoms with Crippen molar-refractivity contribution in [3.05, 3.63) is 11.1 Å². The molecule has 0 spiro atoms. The average Bonchev–Trinajstić information content (AvgIpc) is 2.95. The number of thiazole rings is 1. The van der Waals surface area contributed by atoms with E-state index in [4.69, 9.17) is 5.73 Å². The van der Waals surface area contributed by atoms with Crippen LogP contribution in [-0.4, -0.2) is 22.5 Å². The molecule has 4 heteroatoms. The molecule has 18 heavy (non-hydrogen) atoms. The van der Waals surface area contributed by atoms with Crippen LogP contribution in [0.5, 0.6) is 0 Å². The summed E-state index contributed by atoms with van der Waals surface area (Å²) in [5, 5.41) is 2.80. The molecule has 0 atom stereocenters. The standard InChI is InChI=1S/C14H25N3S/c1-11(2)7-8-17(13-5-3-4-6-13)9-12-10-18-14(15)16-12/h10-11,13H,3-9H2,1-2H3,(H2,15,16). The van der Waals surface area contributed by atoms with Gasteiger partial charge in [0.15, 0.2) is 5.13 Å². The van der Waals surface area contributed by atoms with Crippen molar-refractivity contribution in [2.24, 2.45) is 5.92 Å². The molecule has 2 N–H and O–H groups in total. The van der Waals surface area contributed by atoms with Gasteiger partial charge in [0.1, 0.15) is 0 Å². The lowest BCUT2D eigenvalue weighted by Gasteiger charge is -2.28. The van der Waals surface area contributed by atoms with E-state index in [1.54, 1.807) is 11.3 Å². The zero-order valence-electron chi connectivity index (χ0n) is 11.6. The lowest BCUT2D eigenvalue weighted by molar-refractivity contribution is 0.178. The van der Waals surface area contributed by atoms with Crippen molar-refractivity contribution < 1.29 is 0 Å². The van der Waals surface area contributed by atoms with E-state index in [1.807, 2.05) is 0 Å². The summed E-state index contributed by atoms with van der Waals surface area (Å²) in [7, 11) is 0. The Bertz CT molecular complexity index is 356. The maximum Gasteiger partial charge on any atom is 0.180 e. The highest BCUT2D eigenvalue weighted by Crippen LogP contribution is 2.26. The summed E-state index contributed by atoms with van der Waals surface area (Å²) >= 11 is 1.55. The smallest absolute Gasteiger partial charge is 0.180 e. The Morgan fingerprint density at radius 2 is 2.17 bits per heavy atom. The van der Waals surface area contributed by atoms with Crippen LogP contribution in [0, 0.1) is 5.92 Å². The predicted molar refractivity (Wildman–Crippen MR) is 78.6 cm³/mol. The number of hydrogen-bond donors (Lipinski definition) is 1. The van der Waals surface area contributed by atoms with Gasteiger partial charge in [0, 0.05) is 18.0 Å². The topological polar surface area (TPSA) is 42.1 Å². The number of nitrogen functional groups attached to an aromatic ring is 1. The summed E-state index contributed by atoms with van der Waals surface area (Å²) in [6.45, 7) is 6.77. The summed E-state index contributed by atoms with van der Waals surface area (Å²) in [6.07, 6.45) is 6.77. The molecule has 2 rings (SSSR count). The molecular formula is C14H25N3S. The maximum absolute atomic E-state index is 5.72. The molecule has 0 bridgehead atoms. The van der Waals surface area contributed by atoms with E-state index in [2.05, 4.69) is 29.1 Å². The van der Waals surface area contributed by atoms with Crippen LogP contribution in [0.1, 0.15) is 51.6 Å². The SMILES string of the molecule is CC(C)CCN(Cc1csc(N)n1)C1CCCC1. The summed E-state index contributed by atoms with van der Waals surface area (Å²) in [5.41, 5.74) is 6.87. The van der Waals surface area contributed by atoms with Crippen LogP contribution >= 0.6 is 11.3 Å². The molecule has 1 fully saturated rings. The van der Waals surface area contributed by atoms with Gasteiger partial charge in [-0.15, -0.1) is 11.3 Å². The third-order valence-electron chi connectivity index (χ3n) is 3.77. The first-order chi connectivity index (χ1) is 8.65. The molecule has 3 nitrogen and oxygen atoms in total. The summed E-state index contributed by atoms with van der Waals surface area (Å²) in [6, 6.07) is 0.770. The zero-order valence-corrected chi connectivity index (χ0v) is 12.4. The average molecular weight is 267 g/mol. The first kappa shape index (κ1) is 13.8.